The van der Waals surface area contributed by atoms with Gasteiger partial charge in [0.15, 0.2) is 18.1 Å². The Hall–Kier alpha value is -3.02. The summed E-state index contributed by atoms with van der Waals surface area (Å²) >= 11 is 0. The van der Waals surface area contributed by atoms with Gasteiger partial charge in [0, 0.05) is 5.56 Å². The van der Waals surface area contributed by atoms with Gasteiger partial charge in [-0.1, -0.05) is 45.0 Å². The molecule has 2 rings (SSSR count). The number of nitrogens with one attached hydrogen (secondary N) is 1. The highest BCUT2D eigenvalue weighted by molar-refractivity contribution is 5.86. The van der Waals surface area contributed by atoms with E-state index in [2.05, 4.69) is 31.3 Å². The fourth-order valence-corrected chi connectivity index (χ4v) is 2.58. The van der Waals surface area contributed by atoms with Crippen LogP contribution in [-0.4, -0.2) is 32.9 Å². The molecular weight excluding hydrogens is 344 g/mol. The summed E-state index contributed by atoms with van der Waals surface area (Å²) in [5.41, 5.74) is 4.12. The maximum Gasteiger partial charge on any atom is 0.277 e. The molecule has 0 aliphatic heterocycles. The zero-order valence-corrected chi connectivity index (χ0v) is 16.4. The van der Waals surface area contributed by atoms with Gasteiger partial charge in [0.25, 0.3) is 5.91 Å². The molecule has 0 radical (unpaired) electrons. The zero-order chi connectivity index (χ0) is 19.9. The Bertz CT molecular complexity index is 810. The number of methoxy groups -OCH3 is 2. The molecule has 1 N–H and O–H groups in total. The molecule has 1 amide bonds. The van der Waals surface area contributed by atoms with Crippen LogP contribution in [0.1, 0.15) is 31.9 Å². The number of para-hydroxylation sites is 2. The minimum atomic E-state index is -0.350. The molecule has 0 aliphatic carbocycles. The maximum absolute atomic E-state index is 12.0. The van der Waals surface area contributed by atoms with E-state index in [0.717, 1.165) is 5.56 Å². The van der Waals surface area contributed by atoms with Crippen LogP contribution in [0.4, 0.5) is 0 Å². The summed E-state index contributed by atoms with van der Waals surface area (Å²) in [5, 5.41) is 3.97. The van der Waals surface area contributed by atoms with E-state index in [-0.39, 0.29) is 17.9 Å². The Balaban J connectivity index is 1.97. The first-order valence-electron chi connectivity index (χ1n) is 8.62. The molecule has 144 valence electrons. The number of benzene rings is 2. The molecule has 0 saturated heterocycles. The number of amides is 1. The normalized spacial score (nSPS) is 11.3. The second-order valence-corrected chi connectivity index (χ2v) is 6.91. The Labute approximate surface area is 160 Å². The Morgan fingerprint density at radius 3 is 2.41 bits per heavy atom. The largest absolute Gasteiger partial charge is 0.493 e. The molecule has 6 nitrogen and oxygen atoms in total. The van der Waals surface area contributed by atoms with Crippen LogP contribution in [0, 0.1) is 0 Å². The van der Waals surface area contributed by atoms with Gasteiger partial charge in [-0.25, -0.2) is 5.43 Å². The average molecular weight is 370 g/mol. The van der Waals surface area contributed by atoms with Gasteiger partial charge >= 0.3 is 0 Å². The molecule has 2 aromatic rings. The van der Waals surface area contributed by atoms with E-state index >= 15 is 0 Å². The fourth-order valence-electron chi connectivity index (χ4n) is 2.58. The van der Waals surface area contributed by atoms with Gasteiger partial charge in [0.05, 0.1) is 20.4 Å². The Kier molecular flexibility index (Phi) is 6.82. The van der Waals surface area contributed by atoms with Crippen molar-refractivity contribution in [1.29, 1.82) is 0 Å². The van der Waals surface area contributed by atoms with Gasteiger partial charge in [-0.05, 0) is 29.2 Å². The van der Waals surface area contributed by atoms with Crippen molar-refractivity contribution < 1.29 is 19.0 Å². The molecule has 0 saturated carbocycles. The number of hydrogen-bond acceptors (Lipinski definition) is 5. The van der Waals surface area contributed by atoms with E-state index < -0.39 is 0 Å². The minimum Gasteiger partial charge on any atom is -0.493 e. The van der Waals surface area contributed by atoms with Crippen LogP contribution in [0.2, 0.25) is 0 Å². The maximum atomic E-state index is 12.0. The minimum absolute atomic E-state index is 0.0753. The van der Waals surface area contributed by atoms with Gasteiger partial charge < -0.3 is 14.2 Å². The van der Waals surface area contributed by atoms with Gasteiger partial charge in [0.2, 0.25) is 0 Å². The van der Waals surface area contributed by atoms with Crippen molar-refractivity contribution in [2.75, 3.05) is 20.8 Å². The van der Waals surface area contributed by atoms with Crippen molar-refractivity contribution in [3.05, 3.63) is 53.6 Å². The highest BCUT2D eigenvalue weighted by Crippen LogP contribution is 2.31. The highest BCUT2D eigenvalue weighted by atomic mass is 16.5. The molecule has 0 spiro atoms. The SMILES string of the molecule is COc1cccc(C=NNC(=O)COc2ccccc2C(C)(C)C)c1OC. The van der Waals surface area contributed by atoms with E-state index in [4.69, 9.17) is 14.2 Å². The lowest BCUT2D eigenvalue weighted by Crippen LogP contribution is -2.25. The number of carbonyl (C=O) groups is 1. The summed E-state index contributed by atoms with van der Waals surface area (Å²) in [7, 11) is 3.11. The molecule has 0 heterocycles. The second kappa shape index (κ2) is 9.07. The van der Waals surface area contributed by atoms with Crippen molar-refractivity contribution in [2.45, 2.75) is 26.2 Å². The molecule has 6 heteroatoms. The highest BCUT2D eigenvalue weighted by Gasteiger charge is 2.18. The van der Waals surface area contributed by atoms with Crippen LogP contribution in [-0.2, 0) is 10.2 Å². The lowest BCUT2D eigenvalue weighted by molar-refractivity contribution is -0.123. The van der Waals surface area contributed by atoms with Crippen molar-refractivity contribution in [3.63, 3.8) is 0 Å². The fraction of sp³-hybridized carbons (Fsp3) is 0.333. The first-order chi connectivity index (χ1) is 12.9. The van der Waals surface area contributed by atoms with Gasteiger partial charge in [-0.2, -0.15) is 5.10 Å². The van der Waals surface area contributed by atoms with E-state index in [1.165, 1.54) is 6.21 Å². The molecule has 0 aromatic heterocycles. The molecule has 0 unspecified atom stereocenters. The zero-order valence-electron chi connectivity index (χ0n) is 16.4. The molecule has 2 aromatic carbocycles. The van der Waals surface area contributed by atoms with Crippen LogP contribution in [0.25, 0.3) is 0 Å². The van der Waals surface area contributed by atoms with Crippen molar-refractivity contribution in [2.24, 2.45) is 5.10 Å². The predicted molar refractivity (Wildman–Crippen MR) is 106 cm³/mol. The number of rotatable bonds is 7. The Morgan fingerprint density at radius 1 is 1.04 bits per heavy atom. The second-order valence-electron chi connectivity index (χ2n) is 6.91. The summed E-state index contributed by atoms with van der Waals surface area (Å²) < 4.78 is 16.2. The topological polar surface area (TPSA) is 69.2 Å². The number of carbonyl (C=O) groups excluding carboxylic acids is 1. The lowest BCUT2D eigenvalue weighted by atomic mass is 9.86. The van der Waals surface area contributed by atoms with E-state index in [1.807, 2.05) is 36.4 Å². The van der Waals surface area contributed by atoms with Gasteiger partial charge in [-0.15, -0.1) is 0 Å². The summed E-state index contributed by atoms with van der Waals surface area (Å²) in [6, 6.07) is 13.1. The number of hydrazone groups is 1. The number of hydrogen-bond donors (Lipinski definition) is 1. The summed E-state index contributed by atoms with van der Waals surface area (Å²) in [6.45, 7) is 6.17. The average Bonchev–Trinajstić information content (AvgIpc) is 2.65. The number of ether oxygens (including phenoxy) is 3. The van der Waals surface area contributed by atoms with Gasteiger partial charge in [-0.3, -0.25) is 4.79 Å². The molecular formula is C21H26N2O4. The standard InChI is InChI=1S/C21H26N2O4/c1-21(2,3)16-10-6-7-11-17(16)27-14-19(24)23-22-13-15-9-8-12-18(25-4)20(15)26-5/h6-13H,14H2,1-5H3,(H,23,24). The van der Waals surface area contributed by atoms with Crippen LogP contribution < -0.4 is 19.6 Å². The van der Waals surface area contributed by atoms with Crippen molar-refractivity contribution in [3.8, 4) is 17.2 Å². The van der Waals surface area contributed by atoms with E-state index in [9.17, 15) is 4.79 Å². The third-order valence-electron chi connectivity index (χ3n) is 3.88. The van der Waals surface area contributed by atoms with Crippen molar-refractivity contribution in [1.82, 2.24) is 5.43 Å². The first kappa shape index (κ1) is 20.3. The third-order valence-corrected chi connectivity index (χ3v) is 3.88. The van der Waals surface area contributed by atoms with Crippen molar-refractivity contribution >= 4 is 12.1 Å². The van der Waals surface area contributed by atoms with Gasteiger partial charge in [0.1, 0.15) is 5.75 Å². The summed E-state index contributed by atoms with van der Waals surface area (Å²) in [6.07, 6.45) is 1.50. The monoisotopic (exact) mass is 370 g/mol. The van der Waals surface area contributed by atoms with E-state index in [1.54, 1.807) is 20.3 Å². The van der Waals surface area contributed by atoms with Crippen LogP contribution in [0.3, 0.4) is 0 Å². The van der Waals surface area contributed by atoms with Crippen LogP contribution in [0.5, 0.6) is 17.2 Å². The summed E-state index contributed by atoms with van der Waals surface area (Å²) in [4.78, 5) is 12.0. The molecule has 27 heavy (non-hydrogen) atoms. The number of nitrogens with zero attached hydrogens (tertiary/aromatic N) is 1. The van der Waals surface area contributed by atoms with E-state index in [0.29, 0.717) is 22.8 Å². The Morgan fingerprint density at radius 2 is 1.74 bits per heavy atom. The first-order valence-corrected chi connectivity index (χ1v) is 8.62. The molecule has 0 bridgehead atoms. The predicted octanol–water partition coefficient (Wildman–Crippen LogP) is 3.53. The summed E-state index contributed by atoms with van der Waals surface area (Å²) in [5.74, 6) is 1.48. The molecule has 0 fully saturated rings. The molecule has 0 atom stereocenters. The molecule has 0 aliphatic rings. The lowest BCUT2D eigenvalue weighted by Gasteiger charge is -2.22. The third kappa shape index (κ3) is 5.48. The quantitative estimate of drug-likeness (QED) is 0.598. The smallest absolute Gasteiger partial charge is 0.277 e. The van der Waals surface area contributed by atoms with Crippen LogP contribution in [0.15, 0.2) is 47.6 Å². The van der Waals surface area contributed by atoms with Crippen LogP contribution >= 0.6 is 0 Å².